The number of aliphatic carboxylic acids is 1. The number of hydrogen-bond acceptors (Lipinski definition) is 4. The lowest BCUT2D eigenvalue weighted by molar-refractivity contribution is -0.139. The van der Waals surface area contributed by atoms with Crippen LogP contribution in [0.5, 0.6) is 5.75 Å². The highest BCUT2D eigenvalue weighted by molar-refractivity contribution is 5.73. The van der Waals surface area contributed by atoms with E-state index in [1.807, 2.05) is 66.7 Å². The number of pyridine rings is 1. The number of nitrogens with one attached hydrogen (secondary N) is 1. The molecule has 1 atom stereocenters. The summed E-state index contributed by atoms with van der Waals surface area (Å²) >= 11 is 0. The van der Waals surface area contributed by atoms with Gasteiger partial charge in [-0.05, 0) is 47.4 Å². The Hall–Kier alpha value is -3.18. The van der Waals surface area contributed by atoms with E-state index in [9.17, 15) is 9.90 Å². The highest BCUT2D eigenvalue weighted by Gasteiger charge is 2.17. The summed E-state index contributed by atoms with van der Waals surface area (Å²) in [6, 6.07) is 20.5. The molecule has 5 heteroatoms. The lowest BCUT2D eigenvalue weighted by Gasteiger charge is -2.15. The van der Waals surface area contributed by atoms with Crippen molar-refractivity contribution in [3.05, 3.63) is 95.8 Å². The van der Waals surface area contributed by atoms with Crippen LogP contribution in [0.15, 0.2) is 79.1 Å². The third kappa shape index (κ3) is 5.94. The van der Waals surface area contributed by atoms with Crippen molar-refractivity contribution in [3.63, 3.8) is 0 Å². The van der Waals surface area contributed by atoms with Gasteiger partial charge in [0, 0.05) is 18.9 Å². The molecule has 0 bridgehead atoms. The Kier molecular flexibility index (Phi) is 6.55. The van der Waals surface area contributed by atoms with Gasteiger partial charge < -0.3 is 15.2 Å². The predicted octanol–water partition coefficient (Wildman–Crippen LogP) is 3.45. The first-order valence-electron chi connectivity index (χ1n) is 8.81. The zero-order valence-corrected chi connectivity index (χ0v) is 14.9. The normalized spacial score (nSPS) is 11.7. The first-order valence-corrected chi connectivity index (χ1v) is 8.81. The summed E-state index contributed by atoms with van der Waals surface area (Å²) in [4.78, 5) is 15.5. The number of carboxylic acid groups (broad SMARTS) is 1. The third-order valence-electron chi connectivity index (χ3n) is 4.21. The van der Waals surface area contributed by atoms with E-state index < -0.39 is 12.0 Å². The lowest BCUT2D eigenvalue weighted by atomic mass is 10.1. The smallest absolute Gasteiger partial charge is 0.321 e. The van der Waals surface area contributed by atoms with Crippen molar-refractivity contribution in [2.24, 2.45) is 0 Å². The molecule has 3 rings (SSSR count). The summed E-state index contributed by atoms with van der Waals surface area (Å²) in [6.45, 7) is 0.965. The molecule has 3 aromatic rings. The molecular formula is C22H22N2O3. The first-order chi connectivity index (χ1) is 13.2. The minimum Gasteiger partial charge on any atom is -0.489 e. The lowest BCUT2D eigenvalue weighted by Crippen LogP contribution is -2.38. The zero-order valence-electron chi connectivity index (χ0n) is 14.9. The van der Waals surface area contributed by atoms with Gasteiger partial charge in [-0.2, -0.15) is 0 Å². The van der Waals surface area contributed by atoms with Gasteiger partial charge in [0.25, 0.3) is 0 Å². The molecule has 27 heavy (non-hydrogen) atoms. The van der Waals surface area contributed by atoms with E-state index in [1.54, 1.807) is 12.4 Å². The van der Waals surface area contributed by atoms with E-state index >= 15 is 0 Å². The number of carbonyl (C=O) groups is 1. The third-order valence-corrected chi connectivity index (χ3v) is 4.21. The van der Waals surface area contributed by atoms with E-state index in [0.29, 0.717) is 19.6 Å². The Morgan fingerprint density at radius 3 is 2.30 bits per heavy atom. The highest BCUT2D eigenvalue weighted by atomic mass is 16.5. The van der Waals surface area contributed by atoms with Crippen LogP contribution >= 0.6 is 0 Å². The molecule has 138 valence electrons. The van der Waals surface area contributed by atoms with Crippen LogP contribution in [0.4, 0.5) is 0 Å². The zero-order chi connectivity index (χ0) is 18.9. The molecule has 5 nitrogen and oxygen atoms in total. The average molecular weight is 362 g/mol. The van der Waals surface area contributed by atoms with Gasteiger partial charge in [-0.15, -0.1) is 0 Å². The number of carboxylic acids is 1. The largest absolute Gasteiger partial charge is 0.489 e. The fourth-order valence-corrected chi connectivity index (χ4v) is 2.69. The Morgan fingerprint density at radius 1 is 0.926 bits per heavy atom. The van der Waals surface area contributed by atoms with Crippen LogP contribution < -0.4 is 10.1 Å². The van der Waals surface area contributed by atoms with Crippen molar-refractivity contribution in [1.29, 1.82) is 0 Å². The van der Waals surface area contributed by atoms with E-state index in [0.717, 1.165) is 22.4 Å². The number of nitrogens with zero attached hydrogens (tertiary/aromatic N) is 1. The second-order valence-corrected chi connectivity index (χ2v) is 6.25. The summed E-state index contributed by atoms with van der Waals surface area (Å²) in [5.74, 6) is -0.0780. The monoisotopic (exact) mass is 362 g/mol. The van der Waals surface area contributed by atoms with Crippen molar-refractivity contribution < 1.29 is 14.6 Å². The summed E-state index contributed by atoms with van der Waals surface area (Å²) in [6.07, 6.45) is 3.92. The van der Waals surface area contributed by atoms with E-state index in [1.165, 1.54) is 0 Å². The van der Waals surface area contributed by atoms with Crippen LogP contribution in [0.25, 0.3) is 0 Å². The summed E-state index contributed by atoms with van der Waals surface area (Å²) < 4.78 is 5.75. The van der Waals surface area contributed by atoms with Crippen LogP contribution in [-0.4, -0.2) is 22.1 Å². The molecule has 0 spiro atoms. The molecule has 0 unspecified atom stereocenters. The number of hydrogen-bond donors (Lipinski definition) is 2. The van der Waals surface area contributed by atoms with Crippen molar-refractivity contribution in [2.75, 3.05) is 0 Å². The molecule has 0 radical (unpaired) electrons. The van der Waals surface area contributed by atoms with Gasteiger partial charge >= 0.3 is 5.97 Å². The second-order valence-electron chi connectivity index (χ2n) is 6.25. The quantitative estimate of drug-likeness (QED) is 0.610. The van der Waals surface area contributed by atoms with Crippen LogP contribution in [0.1, 0.15) is 16.7 Å². The molecule has 1 aromatic heterocycles. The molecule has 0 fully saturated rings. The summed E-state index contributed by atoms with van der Waals surface area (Å²) in [7, 11) is 0. The molecule has 0 amide bonds. The SMILES string of the molecule is O=C(O)[C@@H](Cc1ccccc1)NCc1ccc(OCc2ccncc2)cc1. The van der Waals surface area contributed by atoms with Crippen molar-refractivity contribution in [1.82, 2.24) is 10.3 Å². The van der Waals surface area contributed by atoms with Crippen LogP contribution in [-0.2, 0) is 24.4 Å². The minimum absolute atomic E-state index is 0.448. The van der Waals surface area contributed by atoms with Crippen LogP contribution in [0.2, 0.25) is 0 Å². The first kappa shape index (κ1) is 18.6. The fourth-order valence-electron chi connectivity index (χ4n) is 2.69. The maximum Gasteiger partial charge on any atom is 0.321 e. The average Bonchev–Trinajstić information content (AvgIpc) is 2.71. The van der Waals surface area contributed by atoms with E-state index in [-0.39, 0.29) is 0 Å². The molecular weight excluding hydrogens is 340 g/mol. The van der Waals surface area contributed by atoms with Gasteiger partial charge in [-0.25, -0.2) is 0 Å². The Morgan fingerprint density at radius 2 is 1.63 bits per heavy atom. The maximum atomic E-state index is 11.5. The fraction of sp³-hybridized carbons (Fsp3) is 0.182. The van der Waals surface area contributed by atoms with Gasteiger partial charge in [-0.1, -0.05) is 42.5 Å². The van der Waals surface area contributed by atoms with Gasteiger partial charge in [0.15, 0.2) is 0 Å². The Labute approximate surface area is 158 Å². The van der Waals surface area contributed by atoms with Crippen molar-refractivity contribution in [2.45, 2.75) is 25.6 Å². The minimum atomic E-state index is -0.851. The number of rotatable bonds is 9. The highest BCUT2D eigenvalue weighted by Crippen LogP contribution is 2.14. The Balaban J connectivity index is 1.51. The molecule has 0 saturated heterocycles. The van der Waals surface area contributed by atoms with Gasteiger partial charge in [0.1, 0.15) is 18.4 Å². The Bertz CT molecular complexity index is 836. The molecule has 0 aliphatic rings. The van der Waals surface area contributed by atoms with Gasteiger partial charge in [-0.3, -0.25) is 9.78 Å². The number of aromatic nitrogens is 1. The molecule has 0 aliphatic carbocycles. The van der Waals surface area contributed by atoms with Crippen molar-refractivity contribution >= 4 is 5.97 Å². The van der Waals surface area contributed by atoms with Crippen molar-refractivity contribution in [3.8, 4) is 5.75 Å². The molecule has 0 saturated carbocycles. The summed E-state index contributed by atoms with van der Waals surface area (Å²) in [5, 5.41) is 12.6. The summed E-state index contributed by atoms with van der Waals surface area (Å²) in [5.41, 5.74) is 3.06. The predicted molar refractivity (Wildman–Crippen MR) is 103 cm³/mol. The molecule has 0 aliphatic heterocycles. The second kappa shape index (κ2) is 9.50. The van der Waals surface area contributed by atoms with Crippen LogP contribution in [0, 0.1) is 0 Å². The van der Waals surface area contributed by atoms with Gasteiger partial charge in [0.2, 0.25) is 0 Å². The number of benzene rings is 2. The molecule has 1 heterocycles. The van der Waals surface area contributed by atoms with Gasteiger partial charge in [0.05, 0.1) is 0 Å². The molecule has 2 aromatic carbocycles. The maximum absolute atomic E-state index is 11.5. The topological polar surface area (TPSA) is 71.5 Å². The van der Waals surface area contributed by atoms with E-state index in [2.05, 4.69) is 10.3 Å². The number of ether oxygens (including phenoxy) is 1. The van der Waals surface area contributed by atoms with Crippen LogP contribution in [0.3, 0.4) is 0 Å². The van der Waals surface area contributed by atoms with E-state index in [4.69, 9.17) is 4.74 Å². The molecule has 2 N–H and O–H groups in total. The standard InChI is InChI=1S/C22H22N2O3/c25-22(26)21(14-17-4-2-1-3-5-17)24-15-18-6-8-20(9-7-18)27-16-19-10-12-23-13-11-19/h1-13,21,24H,14-16H2,(H,25,26)/t21-/m1/s1.